The van der Waals surface area contributed by atoms with E-state index in [0.717, 1.165) is 16.7 Å². The number of carbonyl (C=O) groups is 2. The maximum atomic E-state index is 13.9. The van der Waals surface area contributed by atoms with E-state index in [1.165, 1.54) is 6.07 Å². The Morgan fingerprint density at radius 2 is 1.69 bits per heavy atom. The van der Waals surface area contributed by atoms with Crippen molar-refractivity contribution < 1.29 is 23.5 Å². The molecule has 3 aromatic rings. The molecule has 1 saturated heterocycles. The van der Waals surface area contributed by atoms with Gasteiger partial charge >= 0.3 is 0 Å². The van der Waals surface area contributed by atoms with Crippen LogP contribution in [-0.4, -0.2) is 29.2 Å². The van der Waals surface area contributed by atoms with Gasteiger partial charge in [0, 0.05) is 10.6 Å². The molecule has 0 aliphatic carbocycles. The third kappa shape index (κ3) is 6.46. The Morgan fingerprint density at radius 3 is 2.37 bits per heavy atom. The fourth-order valence-corrected chi connectivity index (χ4v) is 5.64. The highest BCUT2D eigenvalue weighted by atomic mass is 79.9. The summed E-state index contributed by atoms with van der Waals surface area (Å²) in [5.41, 5.74) is 1.12. The van der Waals surface area contributed by atoms with E-state index >= 15 is 0 Å². The van der Waals surface area contributed by atoms with Gasteiger partial charge in [-0.3, -0.25) is 14.5 Å². The molecule has 1 aliphatic rings. The predicted molar refractivity (Wildman–Crippen MR) is 142 cm³/mol. The fourth-order valence-electron chi connectivity index (χ4n) is 3.20. The van der Waals surface area contributed by atoms with Gasteiger partial charge in [0.05, 0.1) is 20.4 Å². The van der Waals surface area contributed by atoms with Gasteiger partial charge in [-0.2, -0.15) is 0 Å². The zero-order chi connectivity index (χ0) is 24.9. The zero-order valence-electron chi connectivity index (χ0n) is 18.0. The van der Waals surface area contributed by atoms with Crippen LogP contribution in [0.4, 0.5) is 9.18 Å². The van der Waals surface area contributed by atoms with E-state index in [9.17, 15) is 14.0 Å². The summed E-state index contributed by atoms with van der Waals surface area (Å²) in [7, 11) is 0. The molecule has 0 bridgehead atoms. The summed E-state index contributed by atoms with van der Waals surface area (Å²) in [5.74, 6) is 0.374. The van der Waals surface area contributed by atoms with Gasteiger partial charge in [-0.25, -0.2) is 4.39 Å². The predicted octanol–water partition coefficient (Wildman–Crippen LogP) is 7.70. The van der Waals surface area contributed by atoms with Crippen molar-refractivity contribution in [1.29, 1.82) is 0 Å². The van der Waals surface area contributed by atoms with E-state index < -0.39 is 0 Å². The average Bonchev–Trinajstić information content (AvgIpc) is 3.08. The van der Waals surface area contributed by atoms with Gasteiger partial charge in [-0.1, -0.05) is 29.8 Å². The Bertz CT molecular complexity index is 1280. The maximum absolute atomic E-state index is 13.9. The highest BCUT2D eigenvalue weighted by molar-refractivity contribution is 9.11. The standard InChI is InChI=1S/C25H17Br2ClFNO4S/c26-19-11-15(12-20(27)23(19)34-14-16-3-1-2-4-21(16)29)13-22-24(31)30(25(32)35-22)9-10-33-18-7-5-17(28)6-8-18/h1-8,11-13H,9-10,14H2/b22-13-. The van der Waals surface area contributed by atoms with Crippen molar-refractivity contribution in [3.8, 4) is 11.5 Å². The SMILES string of the molecule is O=C1S/C(=C\c2cc(Br)c(OCc3ccccc3F)c(Br)c2)C(=O)N1CCOc1ccc(Cl)cc1. The Hall–Kier alpha value is -2.33. The minimum Gasteiger partial charge on any atom is -0.492 e. The van der Waals surface area contributed by atoms with Gasteiger partial charge in [-0.05, 0) is 97.7 Å². The number of hydrogen-bond donors (Lipinski definition) is 0. The van der Waals surface area contributed by atoms with E-state index in [4.69, 9.17) is 21.1 Å². The monoisotopic (exact) mass is 639 g/mol. The van der Waals surface area contributed by atoms with Gasteiger partial charge in [0.1, 0.15) is 30.5 Å². The lowest BCUT2D eigenvalue weighted by molar-refractivity contribution is -0.123. The Balaban J connectivity index is 1.41. The van der Waals surface area contributed by atoms with E-state index in [2.05, 4.69) is 31.9 Å². The van der Waals surface area contributed by atoms with Crippen LogP contribution < -0.4 is 9.47 Å². The van der Waals surface area contributed by atoms with Crippen LogP contribution in [-0.2, 0) is 11.4 Å². The van der Waals surface area contributed by atoms with Gasteiger partial charge < -0.3 is 9.47 Å². The molecule has 10 heteroatoms. The number of benzene rings is 3. The topological polar surface area (TPSA) is 55.8 Å². The third-order valence-corrected chi connectivity index (χ3v) is 7.26. The van der Waals surface area contributed by atoms with E-state index in [1.807, 2.05) is 0 Å². The summed E-state index contributed by atoms with van der Waals surface area (Å²) in [6.07, 6.45) is 1.64. The molecular weight excluding hydrogens is 625 g/mol. The van der Waals surface area contributed by atoms with Crippen LogP contribution in [0.2, 0.25) is 5.02 Å². The molecule has 1 heterocycles. The minimum absolute atomic E-state index is 0.0558. The summed E-state index contributed by atoms with van der Waals surface area (Å²) < 4.78 is 26.5. The molecule has 1 aliphatic heterocycles. The lowest BCUT2D eigenvalue weighted by atomic mass is 10.2. The second kappa shape index (κ2) is 11.6. The summed E-state index contributed by atoms with van der Waals surface area (Å²) >= 11 is 13.7. The van der Waals surface area contributed by atoms with Crippen molar-refractivity contribution in [2.24, 2.45) is 0 Å². The molecule has 0 radical (unpaired) electrons. The number of ether oxygens (including phenoxy) is 2. The molecule has 5 nitrogen and oxygen atoms in total. The quantitative estimate of drug-likeness (QED) is 0.236. The number of halogens is 4. The highest BCUT2D eigenvalue weighted by Crippen LogP contribution is 2.38. The number of thioether (sulfide) groups is 1. The second-order valence-electron chi connectivity index (χ2n) is 7.33. The van der Waals surface area contributed by atoms with Crippen molar-refractivity contribution in [3.63, 3.8) is 0 Å². The number of hydrogen-bond acceptors (Lipinski definition) is 5. The third-order valence-electron chi connectivity index (χ3n) is 4.92. The Morgan fingerprint density at radius 1 is 1.00 bits per heavy atom. The number of imide groups is 1. The van der Waals surface area contributed by atoms with Crippen LogP contribution in [0.5, 0.6) is 11.5 Å². The van der Waals surface area contributed by atoms with Crippen molar-refractivity contribution >= 4 is 72.4 Å². The number of nitrogens with zero attached hydrogens (tertiary/aromatic N) is 1. The van der Waals surface area contributed by atoms with Crippen LogP contribution in [0.1, 0.15) is 11.1 Å². The Kier molecular flexibility index (Phi) is 8.54. The van der Waals surface area contributed by atoms with Crippen molar-refractivity contribution in [2.75, 3.05) is 13.2 Å². The first-order chi connectivity index (χ1) is 16.8. The average molecular weight is 642 g/mol. The lowest BCUT2D eigenvalue weighted by Gasteiger charge is -2.13. The van der Waals surface area contributed by atoms with Crippen LogP contribution in [0.3, 0.4) is 0 Å². The van der Waals surface area contributed by atoms with Crippen LogP contribution in [0.15, 0.2) is 74.5 Å². The maximum Gasteiger partial charge on any atom is 0.293 e. The molecule has 0 unspecified atom stereocenters. The van der Waals surface area contributed by atoms with Gasteiger partial charge in [0.15, 0.2) is 0 Å². The van der Waals surface area contributed by atoms with Gasteiger partial charge in [0.2, 0.25) is 0 Å². The first-order valence-electron chi connectivity index (χ1n) is 10.3. The van der Waals surface area contributed by atoms with Crippen molar-refractivity contribution in [2.45, 2.75) is 6.61 Å². The van der Waals surface area contributed by atoms with E-state index in [0.29, 0.717) is 41.5 Å². The van der Waals surface area contributed by atoms with Crippen molar-refractivity contribution in [3.05, 3.63) is 96.5 Å². The smallest absolute Gasteiger partial charge is 0.293 e. The molecule has 1 fully saturated rings. The van der Waals surface area contributed by atoms with E-state index in [-0.39, 0.29) is 36.7 Å². The minimum atomic E-state index is -0.383. The highest BCUT2D eigenvalue weighted by Gasteiger charge is 2.34. The van der Waals surface area contributed by atoms with Gasteiger partial charge in [0.25, 0.3) is 11.1 Å². The first kappa shape index (κ1) is 25.8. The van der Waals surface area contributed by atoms with Crippen LogP contribution in [0.25, 0.3) is 6.08 Å². The molecule has 0 atom stereocenters. The summed E-state index contributed by atoms with van der Waals surface area (Å²) in [6.45, 7) is 0.346. The molecule has 180 valence electrons. The molecule has 0 N–H and O–H groups in total. The molecule has 2 amide bonds. The molecule has 3 aromatic carbocycles. The summed E-state index contributed by atoms with van der Waals surface area (Å²) in [4.78, 5) is 26.6. The second-order valence-corrected chi connectivity index (χ2v) is 10.5. The zero-order valence-corrected chi connectivity index (χ0v) is 22.7. The van der Waals surface area contributed by atoms with Crippen LogP contribution in [0, 0.1) is 5.82 Å². The molecule has 0 saturated carbocycles. The first-order valence-corrected chi connectivity index (χ1v) is 13.1. The summed E-state index contributed by atoms with van der Waals surface area (Å²) in [5, 5.41) is 0.236. The molecular formula is C25H17Br2ClFNO4S. The summed E-state index contributed by atoms with van der Waals surface area (Å²) in [6, 6.07) is 16.8. The molecule has 35 heavy (non-hydrogen) atoms. The largest absolute Gasteiger partial charge is 0.492 e. The van der Waals surface area contributed by atoms with Crippen LogP contribution >= 0.6 is 55.2 Å². The Labute approximate surface area is 227 Å². The fraction of sp³-hybridized carbons (Fsp3) is 0.120. The normalized spacial score (nSPS) is 14.6. The molecule has 0 aromatic heterocycles. The number of rotatable bonds is 8. The van der Waals surface area contributed by atoms with E-state index in [1.54, 1.807) is 60.7 Å². The molecule has 0 spiro atoms. The molecule has 4 rings (SSSR count). The number of carbonyl (C=O) groups excluding carboxylic acids is 2. The van der Waals surface area contributed by atoms with Gasteiger partial charge in [-0.15, -0.1) is 0 Å². The number of amides is 2. The van der Waals surface area contributed by atoms with Crippen molar-refractivity contribution in [1.82, 2.24) is 4.90 Å². The lowest BCUT2D eigenvalue weighted by Crippen LogP contribution is -2.32.